The van der Waals surface area contributed by atoms with Crippen LogP contribution < -0.4 is 40.2 Å². The summed E-state index contributed by atoms with van der Waals surface area (Å²) in [6.45, 7) is 12.7. The first-order valence-electron chi connectivity index (χ1n) is 34.1. The number of morpholine rings is 1. The smallest absolute Gasteiger partial charge is 0.422 e. The highest BCUT2D eigenvalue weighted by Gasteiger charge is 2.30. The number of hydrogen-bond acceptors (Lipinski definition) is 18. The number of alkyl halides is 3. The van der Waals surface area contributed by atoms with Crippen molar-refractivity contribution in [3.63, 3.8) is 0 Å². The summed E-state index contributed by atoms with van der Waals surface area (Å²) in [5, 5.41) is 12.6. The van der Waals surface area contributed by atoms with E-state index in [0.717, 1.165) is 82.4 Å². The lowest BCUT2D eigenvalue weighted by Gasteiger charge is -2.26. The van der Waals surface area contributed by atoms with E-state index in [2.05, 4.69) is 66.0 Å². The lowest BCUT2D eigenvalue weighted by molar-refractivity contribution is -0.153. The maximum absolute atomic E-state index is 13.3. The van der Waals surface area contributed by atoms with Crippen LogP contribution in [0.4, 0.5) is 54.5 Å². The van der Waals surface area contributed by atoms with E-state index < -0.39 is 24.5 Å². The molecule has 0 bridgehead atoms. The number of nitrogens with zero attached hydrogens (tertiary/aromatic N) is 9. The highest BCUT2D eigenvalue weighted by atomic mass is 19.4. The Labute approximate surface area is 614 Å². The first-order chi connectivity index (χ1) is 51.8. The lowest BCUT2D eigenvalue weighted by atomic mass is 10.0. The summed E-state index contributed by atoms with van der Waals surface area (Å²) < 4.78 is 118. The first-order valence-corrected chi connectivity index (χ1v) is 34.1. The van der Waals surface area contributed by atoms with E-state index in [9.17, 15) is 49.9 Å². The summed E-state index contributed by atoms with van der Waals surface area (Å²) in [7, 11) is 0. The zero-order valence-electron chi connectivity index (χ0n) is 59.2. The van der Waals surface area contributed by atoms with Gasteiger partial charge in [-0.15, -0.1) is 0 Å². The van der Waals surface area contributed by atoms with Crippen molar-refractivity contribution in [3.05, 3.63) is 193 Å². The molecule has 4 aromatic heterocycles. The van der Waals surface area contributed by atoms with Gasteiger partial charge < -0.3 is 23.7 Å². The number of halogens is 7. The van der Waals surface area contributed by atoms with E-state index in [4.69, 9.17) is 23.7 Å². The SMILES string of the molecule is CC(=O)Nc1nc(OC(C)C)c2cc(-c3ccc(F)cc3)ccc2n1.CC(=O)Nc1nc(OCC(F)(F)F)c2cc(-c3ccc(F)cc3)ccc2n1.CC(=O)Nc1nc(OCC2CC2)c2cc(-c3ccc(F)cc3)ccc2n1.CC(=O)Nc1nc(OCCN2CCOCC2)c2cc(-c3ccc(F)cc3)ccc2n1. The molecular formula is C79H72F7N13O9. The standard InChI is InChI=1S/C22H23FN4O3.C20H18FN3O2.C19H18FN3O2.C18H13F4N3O2/c1-15(28)24-22-25-20-7-4-17(16-2-5-18(23)6-3-16)14-19(20)21(26-22)30-13-10-27-8-11-29-12-9-27;1-12(25)22-20-23-18-9-6-15(14-4-7-16(21)8-5-14)10-17(18)19(24-20)26-11-13-2-3-13;1-11(2)25-18-16-10-14(13-4-7-15(20)8-5-13)6-9-17(16)22-19(23-18)21-12(3)24;1-10(26)23-17-24-15-7-4-12(11-2-5-13(19)6-3-11)8-14(15)16(25-17)27-9-18(20,21)22/h2-7,14H,8-13H2,1H3,(H,24,25,26,28);4-10,13H,2-3,11H2,1H3,(H,22,23,24,25);4-11H,1-3H3,(H,21,22,23,24);2-8H,9H2,1H3,(H,23,24,25,26). The summed E-state index contributed by atoms with van der Waals surface area (Å²) in [6.07, 6.45) is -2.30. The second-order valence-corrected chi connectivity index (χ2v) is 25.2. The lowest BCUT2D eigenvalue weighted by Crippen LogP contribution is -2.38. The molecule has 4 amide bonds. The van der Waals surface area contributed by atoms with Crippen LogP contribution in [0.5, 0.6) is 23.5 Å². The molecule has 1 aliphatic carbocycles. The summed E-state index contributed by atoms with van der Waals surface area (Å²) in [6, 6.07) is 46.3. The van der Waals surface area contributed by atoms with Crippen molar-refractivity contribution < 1.29 is 73.6 Å². The fraction of sp³-hybridized carbons (Fsp3) is 0.241. The fourth-order valence-corrected chi connectivity index (χ4v) is 10.9. The third-order valence-corrected chi connectivity index (χ3v) is 16.1. The molecule has 12 aromatic rings. The van der Waals surface area contributed by atoms with Crippen molar-refractivity contribution in [3.8, 4) is 68.0 Å². The zero-order valence-corrected chi connectivity index (χ0v) is 59.2. The molecule has 0 atom stereocenters. The molecule has 5 heterocycles. The molecule has 0 spiro atoms. The molecule has 8 aromatic carbocycles. The minimum Gasteiger partial charge on any atom is -0.477 e. The summed E-state index contributed by atoms with van der Waals surface area (Å²) in [5.74, 6) is -0.482. The number of carbonyl (C=O) groups excluding carboxylic acids is 4. The van der Waals surface area contributed by atoms with Crippen molar-refractivity contribution >= 4 is 91.0 Å². The number of rotatable bonds is 19. The monoisotopic (exact) mass is 1480 g/mol. The number of amides is 4. The Hall–Kier alpha value is -12.4. The maximum Gasteiger partial charge on any atom is 0.422 e. The van der Waals surface area contributed by atoms with Crippen LogP contribution in [0.3, 0.4) is 0 Å². The van der Waals surface area contributed by atoms with E-state index in [1.165, 1.54) is 89.1 Å². The Kier molecular flexibility index (Phi) is 25.0. The van der Waals surface area contributed by atoms with Gasteiger partial charge in [0.15, 0.2) is 6.61 Å². The Balaban J connectivity index is 0.000000144. The minimum absolute atomic E-state index is 0.0854. The molecular weight excluding hydrogens is 1410 g/mol. The normalized spacial score (nSPS) is 12.7. The van der Waals surface area contributed by atoms with Gasteiger partial charge in [0.05, 0.1) is 69.5 Å². The van der Waals surface area contributed by atoms with Crippen molar-refractivity contribution in [2.45, 2.75) is 66.7 Å². The third-order valence-electron chi connectivity index (χ3n) is 16.1. The fourth-order valence-electron chi connectivity index (χ4n) is 10.9. The van der Waals surface area contributed by atoms with Crippen molar-refractivity contribution in [2.24, 2.45) is 5.92 Å². The number of aromatic nitrogens is 8. The van der Waals surface area contributed by atoms with Crippen LogP contribution in [0.25, 0.3) is 88.1 Å². The van der Waals surface area contributed by atoms with Crippen LogP contribution in [0.2, 0.25) is 0 Å². The number of benzene rings is 8. The molecule has 108 heavy (non-hydrogen) atoms. The van der Waals surface area contributed by atoms with E-state index >= 15 is 0 Å². The van der Waals surface area contributed by atoms with Crippen molar-refractivity contribution in [1.29, 1.82) is 0 Å². The van der Waals surface area contributed by atoms with Crippen molar-refractivity contribution in [2.75, 3.05) is 73.9 Å². The molecule has 4 N–H and O–H groups in total. The van der Waals surface area contributed by atoms with Crippen LogP contribution in [-0.2, 0) is 23.9 Å². The van der Waals surface area contributed by atoms with Gasteiger partial charge in [0.1, 0.15) is 29.9 Å². The van der Waals surface area contributed by atoms with Crippen molar-refractivity contribution in [1.82, 2.24) is 44.8 Å². The molecule has 1 saturated carbocycles. The summed E-state index contributed by atoms with van der Waals surface area (Å²) in [5.41, 5.74) is 8.93. The van der Waals surface area contributed by atoms with Crippen LogP contribution >= 0.6 is 0 Å². The number of nitrogens with one attached hydrogen (secondary N) is 4. The van der Waals surface area contributed by atoms with Gasteiger partial charge in [-0.1, -0.05) is 72.8 Å². The molecule has 22 nitrogen and oxygen atoms in total. The van der Waals surface area contributed by atoms with Gasteiger partial charge in [0.2, 0.25) is 70.9 Å². The largest absolute Gasteiger partial charge is 0.477 e. The zero-order chi connectivity index (χ0) is 76.6. The number of hydrogen-bond donors (Lipinski definition) is 4. The third kappa shape index (κ3) is 21.9. The van der Waals surface area contributed by atoms with E-state index in [-0.39, 0.29) is 81.9 Å². The number of ether oxygens (including phenoxy) is 5. The van der Waals surface area contributed by atoms with Crippen LogP contribution in [0.1, 0.15) is 54.4 Å². The average molecular weight is 1480 g/mol. The van der Waals surface area contributed by atoms with Gasteiger partial charge in [-0.2, -0.15) is 33.1 Å². The molecule has 1 saturated heterocycles. The molecule has 29 heteroatoms. The maximum atomic E-state index is 13.3. The highest BCUT2D eigenvalue weighted by molar-refractivity contribution is 5.96. The Bertz CT molecular complexity index is 5210. The van der Waals surface area contributed by atoms with E-state index in [0.29, 0.717) is 64.4 Å². The molecule has 0 radical (unpaired) electrons. The van der Waals surface area contributed by atoms with Crippen LogP contribution in [0, 0.1) is 29.2 Å². The summed E-state index contributed by atoms with van der Waals surface area (Å²) in [4.78, 5) is 81.8. The van der Waals surface area contributed by atoms with Gasteiger partial charge >= 0.3 is 6.18 Å². The van der Waals surface area contributed by atoms with Crippen LogP contribution in [-0.4, -0.2) is 133 Å². The van der Waals surface area contributed by atoms with E-state index in [1.807, 2.05) is 68.4 Å². The summed E-state index contributed by atoms with van der Waals surface area (Å²) >= 11 is 0. The number of fused-ring (bicyclic) bond motifs is 4. The second-order valence-electron chi connectivity index (χ2n) is 25.2. The quantitative estimate of drug-likeness (QED) is 0.0548. The minimum atomic E-state index is -4.56. The first kappa shape index (κ1) is 76.7. The topological polar surface area (TPSA) is 269 Å². The van der Waals surface area contributed by atoms with Gasteiger partial charge in [-0.05, 0) is 174 Å². The highest BCUT2D eigenvalue weighted by Crippen LogP contribution is 2.37. The van der Waals surface area contributed by atoms with Gasteiger partial charge in [0.25, 0.3) is 0 Å². The molecule has 0 unspecified atom stereocenters. The molecule has 14 rings (SSSR count). The predicted molar refractivity (Wildman–Crippen MR) is 395 cm³/mol. The molecule has 2 aliphatic rings. The number of carbonyl (C=O) groups is 4. The Morgan fingerprint density at radius 1 is 0.426 bits per heavy atom. The molecule has 2 fully saturated rings. The van der Waals surface area contributed by atoms with Gasteiger partial charge in [-0.25, -0.2) is 37.5 Å². The number of anilines is 4. The van der Waals surface area contributed by atoms with Crippen LogP contribution in [0.15, 0.2) is 170 Å². The second kappa shape index (κ2) is 35.1. The Morgan fingerprint density at radius 2 is 0.722 bits per heavy atom. The molecule has 556 valence electrons. The predicted octanol–water partition coefficient (Wildman–Crippen LogP) is 15.8. The Morgan fingerprint density at radius 3 is 1.03 bits per heavy atom. The molecule has 1 aliphatic heterocycles. The van der Waals surface area contributed by atoms with Gasteiger partial charge in [-0.3, -0.25) is 45.3 Å². The van der Waals surface area contributed by atoms with E-state index in [1.54, 1.807) is 66.7 Å². The average Bonchev–Trinajstić information content (AvgIpc) is 1.09. The van der Waals surface area contributed by atoms with Gasteiger partial charge in [0, 0.05) is 47.3 Å².